The molecule has 4 rings (SSSR count). The highest BCUT2D eigenvalue weighted by molar-refractivity contribution is 6.42. The SMILES string of the molecule is CN(Cc1ccc(Cl)c(Cl)c1)C(=O)C1CCN(c2nc3ccccc3o2)CC1. The van der Waals surface area contributed by atoms with Gasteiger partial charge in [-0.15, -0.1) is 0 Å². The van der Waals surface area contributed by atoms with Crippen LogP contribution < -0.4 is 4.90 Å². The van der Waals surface area contributed by atoms with Crippen LogP contribution >= 0.6 is 23.2 Å². The van der Waals surface area contributed by atoms with Crippen LogP contribution in [0.5, 0.6) is 0 Å². The van der Waals surface area contributed by atoms with Gasteiger partial charge in [0.2, 0.25) is 5.91 Å². The molecule has 1 saturated heterocycles. The summed E-state index contributed by atoms with van der Waals surface area (Å²) < 4.78 is 5.85. The minimum Gasteiger partial charge on any atom is -0.423 e. The molecule has 1 aliphatic rings. The zero-order chi connectivity index (χ0) is 19.7. The van der Waals surface area contributed by atoms with E-state index >= 15 is 0 Å². The number of rotatable bonds is 4. The van der Waals surface area contributed by atoms with Gasteiger partial charge in [-0.05, 0) is 42.7 Å². The highest BCUT2D eigenvalue weighted by atomic mass is 35.5. The second-order valence-corrected chi connectivity index (χ2v) is 7.98. The summed E-state index contributed by atoms with van der Waals surface area (Å²) in [5.41, 5.74) is 2.61. The molecular weight excluding hydrogens is 397 g/mol. The van der Waals surface area contributed by atoms with E-state index in [9.17, 15) is 4.79 Å². The molecule has 5 nitrogen and oxygen atoms in total. The lowest BCUT2D eigenvalue weighted by molar-refractivity contribution is -0.135. The Bertz CT molecular complexity index is 963. The molecule has 1 amide bonds. The third-order valence-electron chi connectivity index (χ3n) is 5.18. The quantitative estimate of drug-likeness (QED) is 0.598. The van der Waals surface area contributed by atoms with Crippen LogP contribution in [0.2, 0.25) is 10.0 Å². The number of aromatic nitrogens is 1. The molecule has 28 heavy (non-hydrogen) atoms. The van der Waals surface area contributed by atoms with E-state index in [1.54, 1.807) is 11.0 Å². The number of carbonyl (C=O) groups is 1. The molecule has 0 unspecified atom stereocenters. The van der Waals surface area contributed by atoms with Gasteiger partial charge in [-0.2, -0.15) is 4.98 Å². The molecular formula is C21H21Cl2N3O2. The largest absolute Gasteiger partial charge is 0.423 e. The Morgan fingerprint density at radius 3 is 2.64 bits per heavy atom. The van der Waals surface area contributed by atoms with Crippen molar-refractivity contribution >= 4 is 46.2 Å². The van der Waals surface area contributed by atoms with Crippen LogP contribution in [0.1, 0.15) is 18.4 Å². The maximum absolute atomic E-state index is 12.8. The van der Waals surface area contributed by atoms with Crippen LogP contribution in [0.3, 0.4) is 0 Å². The van der Waals surface area contributed by atoms with Gasteiger partial charge in [-0.3, -0.25) is 4.79 Å². The van der Waals surface area contributed by atoms with E-state index in [2.05, 4.69) is 9.88 Å². The molecule has 0 atom stereocenters. The number of amides is 1. The second-order valence-electron chi connectivity index (χ2n) is 7.17. The molecule has 0 spiro atoms. The van der Waals surface area contributed by atoms with Crippen molar-refractivity contribution in [1.82, 2.24) is 9.88 Å². The van der Waals surface area contributed by atoms with Gasteiger partial charge < -0.3 is 14.2 Å². The molecule has 0 aliphatic carbocycles. The minimum absolute atomic E-state index is 0.00778. The van der Waals surface area contributed by atoms with Gasteiger partial charge >= 0.3 is 0 Å². The van der Waals surface area contributed by atoms with Gasteiger partial charge in [0.05, 0.1) is 10.0 Å². The molecule has 0 saturated carbocycles. The fourth-order valence-electron chi connectivity index (χ4n) is 3.61. The molecule has 3 aromatic rings. The Morgan fingerprint density at radius 2 is 1.93 bits per heavy atom. The molecule has 2 heterocycles. The molecule has 0 bridgehead atoms. The van der Waals surface area contributed by atoms with Crippen molar-refractivity contribution in [3.05, 3.63) is 58.1 Å². The normalized spacial score (nSPS) is 15.2. The average molecular weight is 418 g/mol. The number of para-hydroxylation sites is 2. The summed E-state index contributed by atoms with van der Waals surface area (Å²) in [6.07, 6.45) is 1.56. The fraction of sp³-hybridized carbons (Fsp3) is 0.333. The molecule has 1 aromatic heterocycles. The van der Waals surface area contributed by atoms with Crippen LogP contribution in [0, 0.1) is 5.92 Å². The van der Waals surface area contributed by atoms with E-state index in [1.807, 2.05) is 43.4 Å². The van der Waals surface area contributed by atoms with E-state index in [1.165, 1.54) is 0 Å². The van der Waals surface area contributed by atoms with Crippen LogP contribution in [-0.2, 0) is 11.3 Å². The van der Waals surface area contributed by atoms with E-state index in [0.717, 1.165) is 42.6 Å². The first-order valence-corrected chi connectivity index (χ1v) is 10.1. The summed E-state index contributed by atoms with van der Waals surface area (Å²) in [4.78, 5) is 21.3. The van der Waals surface area contributed by atoms with Gasteiger partial charge in [0, 0.05) is 32.6 Å². The van der Waals surface area contributed by atoms with Crippen molar-refractivity contribution in [2.45, 2.75) is 19.4 Å². The number of nitrogens with zero attached hydrogens (tertiary/aromatic N) is 3. The molecule has 7 heteroatoms. The summed E-state index contributed by atoms with van der Waals surface area (Å²) in [5, 5.41) is 1.03. The minimum atomic E-state index is 0.00778. The Hall–Kier alpha value is -2.24. The number of halogens is 2. The van der Waals surface area contributed by atoms with Gasteiger partial charge in [0.25, 0.3) is 6.01 Å². The maximum Gasteiger partial charge on any atom is 0.298 e. The second kappa shape index (κ2) is 8.02. The summed E-state index contributed by atoms with van der Waals surface area (Å²) in [6.45, 7) is 2.02. The van der Waals surface area contributed by atoms with Gasteiger partial charge in [-0.25, -0.2) is 0 Å². The van der Waals surface area contributed by atoms with Crippen molar-refractivity contribution < 1.29 is 9.21 Å². The number of fused-ring (bicyclic) bond motifs is 1. The third kappa shape index (κ3) is 3.96. The van der Waals surface area contributed by atoms with Crippen molar-refractivity contribution in [3.63, 3.8) is 0 Å². The van der Waals surface area contributed by atoms with Gasteiger partial charge in [-0.1, -0.05) is 41.4 Å². The third-order valence-corrected chi connectivity index (χ3v) is 5.92. The van der Waals surface area contributed by atoms with E-state index in [-0.39, 0.29) is 11.8 Å². The molecule has 146 valence electrons. The number of hydrogen-bond donors (Lipinski definition) is 0. The predicted molar refractivity (Wildman–Crippen MR) is 112 cm³/mol. The summed E-state index contributed by atoms with van der Waals surface area (Å²) in [6, 6.07) is 13.8. The van der Waals surface area contributed by atoms with Crippen LogP contribution in [-0.4, -0.2) is 35.9 Å². The average Bonchev–Trinajstić information content (AvgIpc) is 3.14. The predicted octanol–water partition coefficient (Wildman–Crippen LogP) is 5.01. The molecule has 1 aliphatic heterocycles. The first-order valence-electron chi connectivity index (χ1n) is 9.30. The highest BCUT2D eigenvalue weighted by Gasteiger charge is 2.29. The van der Waals surface area contributed by atoms with E-state index < -0.39 is 0 Å². The number of carbonyl (C=O) groups excluding carboxylic acids is 1. The molecule has 2 aromatic carbocycles. The Kier molecular flexibility index (Phi) is 5.47. The number of hydrogen-bond acceptors (Lipinski definition) is 4. The summed E-state index contributed by atoms with van der Waals surface area (Å²) in [5.74, 6) is 0.164. The molecule has 0 N–H and O–H groups in total. The first kappa shape index (κ1) is 19.1. The fourth-order valence-corrected chi connectivity index (χ4v) is 3.94. The van der Waals surface area contributed by atoms with Crippen LogP contribution in [0.15, 0.2) is 46.9 Å². The Labute approximate surface area is 173 Å². The van der Waals surface area contributed by atoms with Crippen LogP contribution in [0.25, 0.3) is 11.1 Å². The lowest BCUT2D eigenvalue weighted by Crippen LogP contribution is -2.41. The summed E-state index contributed by atoms with van der Waals surface area (Å²) in [7, 11) is 1.83. The Morgan fingerprint density at radius 1 is 1.18 bits per heavy atom. The van der Waals surface area contributed by atoms with Crippen molar-refractivity contribution in [3.8, 4) is 0 Å². The lowest BCUT2D eigenvalue weighted by Gasteiger charge is -2.32. The standard InChI is InChI=1S/C21H21Cl2N3O2/c1-25(13-14-6-7-16(22)17(23)12-14)20(27)15-8-10-26(11-9-15)21-24-18-4-2-3-5-19(18)28-21/h2-7,12,15H,8-11,13H2,1H3. The van der Waals surface area contributed by atoms with Crippen molar-refractivity contribution in [2.75, 3.05) is 25.0 Å². The molecule has 0 radical (unpaired) electrons. The van der Waals surface area contributed by atoms with Crippen molar-refractivity contribution in [2.24, 2.45) is 5.92 Å². The molecule has 1 fully saturated rings. The van der Waals surface area contributed by atoms with E-state index in [4.69, 9.17) is 27.6 Å². The van der Waals surface area contributed by atoms with Gasteiger partial charge in [0.15, 0.2) is 5.58 Å². The maximum atomic E-state index is 12.8. The highest BCUT2D eigenvalue weighted by Crippen LogP contribution is 2.28. The lowest BCUT2D eigenvalue weighted by atomic mass is 9.95. The number of oxazole rings is 1. The smallest absolute Gasteiger partial charge is 0.298 e. The summed E-state index contributed by atoms with van der Waals surface area (Å²) >= 11 is 12.0. The zero-order valence-electron chi connectivity index (χ0n) is 15.6. The Balaban J connectivity index is 1.35. The van der Waals surface area contributed by atoms with Crippen molar-refractivity contribution in [1.29, 1.82) is 0 Å². The van der Waals surface area contributed by atoms with E-state index in [0.29, 0.717) is 22.6 Å². The van der Waals surface area contributed by atoms with Crippen LogP contribution in [0.4, 0.5) is 6.01 Å². The first-order chi connectivity index (χ1) is 13.5. The van der Waals surface area contributed by atoms with Gasteiger partial charge in [0.1, 0.15) is 5.52 Å². The number of anilines is 1. The number of benzene rings is 2. The topological polar surface area (TPSA) is 49.6 Å². The number of piperidine rings is 1. The monoisotopic (exact) mass is 417 g/mol. The zero-order valence-corrected chi connectivity index (χ0v) is 17.1.